The third kappa shape index (κ3) is 1.46. The average Bonchev–Trinajstić information content (AvgIpc) is 2.45. The predicted octanol–water partition coefficient (Wildman–Crippen LogP) is 3.15. The van der Waals surface area contributed by atoms with Crippen molar-refractivity contribution in [1.29, 1.82) is 0 Å². The molecule has 0 saturated carbocycles. The first-order valence-corrected chi connectivity index (χ1v) is 4.60. The Labute approximate surface area is 87.1 Å². The molecule has 0 amide bonds. The second-order valence-corrected chi connectivity index (χ2v) is 3.70. The van der Waals surface area contributed by atoms with Crippen LogP contribution in [0.2, 0.25) is 0 Å². The highest BCUT2D eigenvalue weighted by molar-refractivity contribution is 9.10. The molecule has 0 unspecified atom stereocenters. The molecule has 0 aromatic heterocycles. The van der Waals surface area contributed by atoms with Crippen LogP contribution in [-0.2, 0) is 6.42 Å². The smallest absolute Gasteiger partial charge is 0.0520 e. The molecule has 1 aromatic rings. The summed E-state index contributed by atoms with van der Waals surface area (Å²) in [5, 5.41) is 3.36. The molecule has 0 spiro atoms. The first kappa shape index (κ1) is 9.87. The van der Waals surface area contributed by atoms with E-state index in [0.29, 0.717) is 0 Å². The molecule has 2 rings (SSSR count). The topological polar surface area (TPSA) is 12.0 Å². The van der Waals surface area contributed by atoms with Crippen LogP contribution in [0.4, 0.5) is 5.69 Å². The van der Waals surface area contributed by atoms with Gasteiger partial charge in [-0.25, -0.2) is 0 Å². The van der Waals surface area contributed by atoms with Crippen molar-refractivity contribution in [3.05, 3.63) is 27.7 Å². The Kier molecular flexibility index (Phi) is 3.02. The van der Waals surface area contributed by atoms with Crippen molar-refractivity contribution < 1.29 is 0 Å². The second kappa shape index (κ2) is 3.67. The number of nitrogens with one attached hydrogen (secondary N) is 1. The predicted molar refractivity (Wildman–Crippen MR) is 58.3 cm³/mol. The maximum atomic E-state index is 3.57. The van der Waals surface area contributed by atoms with Gasteiger partial charge in [-0.05, 0) is 40.4 Å². The van der Waals surface area contributed by atoms with Gasteiger partial charge in [0.2, 0.25) is 0 Å². The molecule has 1 N–H and O–H groups in total. The Morgan fingerprint density at radius 1 is 1.42 bits per heavy atom. The van der Waals surface area contributed by atoms with E-state index in [-0.39, 0.29) is 12.4 Å². The van der Waals surface area contributed by atoms with Crippen molar-refractivity contribution in [2.75, 3.05) is 11.9 Å². The van der Waals surface area contributed by atoms with E-state index in [0.717, 1.165) is 13.0 Å². The van der Waals surface area contributed by atoms with Crippen LogP contribution in [0.5, 0.6) is 0 Å². The molecule has 0 saturated heterocycles. The highest BCUT2D eigenvalue weighted by Crippen LogP contribution is 2.32. The molecule has 1 aliphatic rings. The Balaban J connectivity index is 0.000000720. The minimum Gasteiger partial charge on any atom is -0.384 e. The summed E-state index contributed by atoms with van der Waals surface area (Å²) in [6.45, 7) is 3.20. The number of benzene rings is 1. The van der Waals surface area contributed by atoms with Crippen LogP contribution >= 0.6 is 28.3 Å². The van der Waals surface area contributed by atoms with Gasteiger partial charge in [0.05, 0.1) is 5.69 Å². The molecule has 0 fully saturated rings. The van der Waals surface area contributed by atoms with Gasteiger partial charge >= 0.3 is 0 Å². The molecule has 66 valence electrons. The van der Waals surface area contributed by atoms with Crippen LogP contribution < -0.4 is 5.32 Å². The lowest BCUT2D eigenvalue weighted by molar-refractivity contribution is 1.11. The van der Waals surface area contributed by atoms with Gasteiger partial charge in [0.25, 0.3) is 0 Å². The lowest BCUT2D eigenvalue weighted by Gasteiger charge is -2.04. The van der Waals surface area contributed by atoms with Gasteiger partial charge in [0.15, 0.2) is 0 Å². The van der Waals surface area contributed by atoms with Gasteiger partial charge in [-0.15, -0.1) is 12.4 Å². The molecular weight excluding hydrogens is 237 g/mol. The maximum absolute atomic E-state index is 3.57. The monoisotopic (exact) mass is 247 g/mol. The lowest BCUT2D eigenvalue weighted by atomic mass is 10.1. The number of hydrogen-bond donors (Lipinski definition) is 1. The van der Waals surface area contributed by atoms with E-state index in [2.05, 4.69) is 40.3 Å². The fourth-order valence-electron chi connectivity index (χ4n) is 1.44. The Hall–Kier alpha value is -0.210. The van der Waals surface area contributed by atoms with Crippen molar-refractivity contribution in [1.82, 2.24) is 0 Å². The minimum atomic E-state index is 0. The second-order valence-electron chi connectivity index (χ2n) is 2.91. The van der Waals surface area contributed by atoms with E-state index in [1.54, 1.807) is 0 Å². The first-order chi connectivity index (χ1) is 5.29. The molecule has 1 heterocycles. The van der Waals surface area contributed by atoms with E-state index >= 15 is 0 Å². The minimum absolute atomic E-state index is 0. The quantitative estimate of drug-likeness (QED) is 0.744. The summed E-state index contributed by atoms with van der Waals surface area (Å²) in [6, 6.07) is 4.37. The number of hydrogen-bond acceptors (Lipinski definition) is 1. The van der Waals surface area contributed by atoms with Crippen LogP contribution in [0.25, 0.3) is 0 Å². The third-order valence-electron chi connectivity index (χ3n) is 2.12. The maximum Gasteiger partial charge on any atom is 0.0520 e. The highest BCUT2D eigenvalue weighted by atomic mass is 79.9. The van der Waals surface area contributed by atoms with Gasteiger partial charge in [-0.2, -0.15) is 0 Å². The van der Waals surface area contributed by atoms with Gasteiger partial charge in [0, 0.05) is 11.0 Å². The standard InChI is InChI=1S/C9H10BrN.ClH/c1-6-2-3-7-4-5-11-9(7)8(6)10;/h2-3,11H,4-5H2,1H3;1H. The van der Waals surface area contributed by atoms with Gasteiger partial charge in [-0.3, -0.25) is 0 Å². The van der Waals surface area contributed by atoms with Crippen molar-refractivity contribution >= 4 is 34.0 Å². The summed E-state index contributed by atoms with van der Waals surface area (Å²) in [5.41, 5.74) is 4.03. The van der Waals surface area contributed by atoms with Crippen molar-refractivity contribution in [2.45, 2.75) is 13.3 Å². The summed E-state index contributed by atoms with van der Waals surface area (Å²) in [5.74, 6) is 0. The molecule has 1 nitrogen and oxygen atoms in total. The SMILES string of the molecule is Cc1ccc2c(c1Br)NCC2.Cl. The summed E-state index contributed by atoms with van der Waals surface area (Å²) in [4.78, 5) is 0. The zero-order valence-corrected chi connectivity index (χ0v) is 9.26. The molecular formula is C9H11BrClN. The molecule has 0 atom stereocenters. The summed E-state index contributed by atoms with van der Waals surface area (Å²) < 4.78 is 1.23. The fraction of sp³-hybridized carbons (Fsp3) is 0.333. The average molecular weight is 249 g/mol. The molecule has 0 radical (unpaired) electrons. The molecule has 1 aliphatic heterocycles. The summed E-state index contributed by atoms with van der Waals surface area (Å²) in [7, 11) is 0. The van der Waals surface area contributed by atoms with Crippen molar-refractivity contribution in [3.8, 4) is 0 Å². The van der Waals surface area contributed by atoms with E-state index in [1.807, 2.05) is 0 Å². The van der Waals surface area contributed by atoms with Crippen molar-refractivity contribution in [3.63, 3.8) is 0 Å². The Morgan fingerprint density at radius 2 is 2.17 bits per heavy atom. The number of fused-ring (bicyclic) bond motifs is 1. The van der Waals surface area contributed by atoms with E-state index in [9.17, 15) is 0 Å². The van der Waals surface area contributed by atoms with Crippen LogP contribution in [-0.4, -0.2) is 6.54 Å². The van der Waals surface area contributed by atoms with Gasteiger partial charge in [0.1, 0.15) is 0 Å². The van der Waals surface area contributed by atoms with Crippen LogP contribution in [0.3, 0.4) is 0 Å². The number of aryl methyl sites for hydroxylation is 1. The first-order valence-electron chi connectivity index (χ1n) is 3.81. The largest absolute Gasteiger partial charge is 0.384 e. The normalized spacial score (nSPS) is 13.2. The van der Waals surface area contributed by atoms with E-state index < -0.39 is 0 Å². The molecule has 0 aliphatic carbocycles. The van der Waals surface area contributed by atoms with Crippen molar-refractivity contribution in [2.24, 2.45) is 0 Å². The van der Waals surface area contributed by atoms with E-state index in [4.69, 9.17) is 0 Å². The van der Waals surface area contributed by atoms with Crippen LogP contribution in [0, 0.1) is 6.92 Å². The van der Waals surface area contributed by atoms with E-state index in [1.165, 1.54) is 21.3 Å². The number of halogens is 2. The zero-order valence-electron chi connectivity index (χ0n) is 6.86. The highest BCUT2D eigenvalue weighted by Gasteiger charge is 2.13. The van der Waals surface area contributed by atoms with Gasteiger partial charge < -0.3 is 5.32 Å². The summed E-state index contributed by atoms with van der Waals surface area (Å²) >= 11 is 3.57. The fourth-order valence-corrected chi connectivity index (χ4v) is 1.97. The van der Waals surface area contributed by atoms with Crippen LogP contribution in [0.15, 0.2) is 16.6 Å². The Morgan fingerprint density at radius 3 is 2.92 bits per heavy atom. The zero-order chi connectivity index (χ0) is 7.84. The molecule has 1 aromatic carbocycles. The molecule has 12 heavy (non-hydrogen) atoms. The number of anilines is 1. The Bertz CT molecular complexity index is 299. The number of rotatable bonds is 0. The molecule has 0 bridgehead atoms. The molecule has 3 heteroatoms. The summed E-state index contributed by atoms with van der Waals surface area (Å²) in [6.07, 6.45) is 1.16. The van der Waals surface area contributed by atoms with Crippen LogP contribution in [0.1, 0.15) is 11.1 Å². The lowest BCUT2D eigenvalue weighted by Crippen LogP contribution is -1.92. The van der Waals surface area contributed by atoms with Gasteiger partial charge in [-0.1, -0.05) is 12.1 Å². The third-order valence-corrected chi connectivity index (χ3v) is 3.14.